The van der Waals surface area contributed by atoms with Gasteiger partial charge >= 0.3 is 0 Å². The minimum Gasteiger partial charge on any atom is -0.396 e. The fourth-order valence-corrected chi connectivity index (χ4v) is 4.43. The molecule has 1 heterocycles. The standard InChI is InChI=1S/C15H24N2O2S2/c1-4-10(18)12-11(16)13(20-3)14(21-12)17-9-15(5-6-15)7-8-19-2/h17H,4-9,16H2,1-3H3. The number of nitrogens with one attached hydrogen (secondary N) is 1. The van der Waals surface area contributed by atoms with Gasteiger partial charge in [-0.2, -0.15) is 0 Å². The fourth-order valence-electron chi connectivity index (χ4n) is 2.39. The number of ether oxygens (including phenoxy) is 1. The molecule has 0 saturated heterocycles. The maximum absolute atomic E-state index is 11.9. The highest BCUT2D eigenvalue weighted by molar-refractivity contribution is 7.99. The average Bonchev–Trinajstić information content (AvgIpc) is 3.20. The van der Waals surface area contributed by atoms with Crippen molar-refractivity contribution in [2.75, 3.05) is 37.6 Å². The molecule has 0 bridgehead atoms. The van der Waals surface area contributed by atoms with Crippen molar-refractivity contribution in [3.63, 3.8) is 0 Å². The van der Waals surface area contributed by atoms with Gasteiger partial charge < -0.3 is 15.8 Å². The molecule has 118 valence electrons. The Bertz CT molecular complexity index is 510. The van der Waals surface area contributed by atoms with Gasteiger partial charge in [0.25, 0.3) is 0 Å². The quantitative estimate of drug-likeness (QED) is 0.532. The Morgan fingerprint density at radius 3 is 2.76 bits per heavy atom. The van der Waals surface area contributed by atoms with E-state index in [1.54, 1.807) is 18.9 Å². The number of anilines is 2. The van der Waals surface area contributed by atoms with Crippen LogP contribution in [0.15, 0.2) is 4.90 Å². The number of carbonyl (C=O) groups is 1. The lowest BCUT2D eigenvalue weighted by Gasteiger charge is -2.16. The molecule has 0 atom stereocenters. The van der Waals surface area contributed by atoms with Crippen molar-refractivity contribution < 1.29 is 9.53 Å². The Morgan fingerprint density at radius 2 is 2.24 bits per heavy atom. The maximum Gasteiger partial charge on any atom is 0.174 e. The number of hydrogen-bond acceptors (Lipinski definition) is 6. The molecule has 3 N–H and O–H groups in total. The van der Waals surface area contributed by atoms with Gasteiger partial charge in [-0.3, -0.25) is 4.79 Å². The maximum atomic E-state index is 11.9. The zero-order valence-corrected chi connectivity index (χ0v) is 14.6. The predicted molar refractivity (Wildman–Crippen MR) is 91.8 cm³/mol. The molecule has 1 saturated carbocycles. The SMILES string of the molecule is CCC(=O)c1sc(NCC2(CCOC)CC2)c(SC)c1N. The molecular formula is C15H24N2O2S2. The summed E-state index contributed by atoms with van der Waals surface area (Å²) in [7, 11) is 1.75. The third-order valence-corrected chi connectivity index (χ3v) is 6.26. The van der Waals surface area contributed by atoms with Gasteiger partial charge in [-0.1, -0.05) is 6.92 Å². The number of hydrogen-bond donors (Lipinski definition) is 2. The van der Waals surface area contributed by atoms with Crippen LogP contribution >= 0.6 is 23.1 Å². The van der Waals surface area contributed by atoms with Crippen LogP contribution in [0.4, 0.5) is 10.7 Å². The molecule has 6 heteroatoms. The summed E-state index contributed by atoms with van der Waals surface area (Å²) in [5, 5.41) is 4.57. The van der Waals surface area contributed by atoms with E-state index in [0.29, 0.717) is 22.4 Å². The topological polar surface area (TPSA) is 64.3 Å². The van der Waals surface area contributed by atoms with Gasteiger partial charge in [0.05, 0.1) is 15.5 Å². The van der Waals surface area contributed by atoms with Crippen molar-refractivity contribution in [1.29, 1.82) is 0 Å². The summed E-state index contributed by atoms with van der Waals surface area (Å²) in [6.07, 6.45) is 6.09. The van der Waals surface area contributed by atoms with Crippen molar-refractivity contribution >= 4 is 39.6 Å². The number of rotatable bonds is 9. The third kappa shape index (κ3) is 3.73. The minimum absolute atomic E-state index is 0.126. The van der Waals surface area contributed by atoms with Crippen LogP contribution in [-0.4, -0.2) is 32.3 Å². The van der Waals surface area contributed by atoms with Crippen molar-refractivity contribution in [3.05, 3.63) is 4.88 Å². The molecule has 2 rings (SSSR count). The Balaban J connectivity index is 2.08. The largest absolute Gasteiger partial charge is 0.396 e. The molecule has 0 aromatic carbocycles. The lowest BCUT2D eigenvalue weighted by Crippen LogP contribution is -2.17. The van der Waals surface area contributed by atoms with Crippen molar-refractivity contribution in [1.82, 2.24) is 0 Å². The van der Waals surface area contributed by atoms with Gasteiger partial charge in [-0.25, -0.2) is 0 Å². The van der Waals surface area contributed by atoms with E-state index >= 15 is 0 Å². The predicted octanol–water partition coefficient (Wildman–Crippen LogP) is 3.87. The molecule has 4 nitrogen and oxygen atoms in total. The summed E-state index contributed by atoms with van der Waals surface area (Å²) in [6, 6.07) is 0. The molecule has 0 spiro atoms. The van der Waals surface area contributed by atoms with E-state index < -0.39 is 0 Å². The number of nitrogens with two attached hydrogens (primary N) is 1. The number of thiophene rings is 1. The van der Waals surface area contributed by atoms with Gasteiger partial charge in [0.15, 0.2) is 5.78 Å². The van der Waals surface area contributed by atoms with Crippen LogP contribution < -0.4 is 11.1 Å². The molecule has 0 radical (unpaired) electrons. The molecule has 1 aliphatic carbocycles. The Morgan fingerprint density at radius 1 is 1.52 bits per heavy atom. The zero-order valence-electron chi connectivity index (χ0n) is 13.0. The first-order valence-corrected chi connectivity index (χ1v) is 9.33. The summed E-state index contributed by atoms with van der Waals surface area (Å²) in [5.41, 5.74) is 7.15. The van der Waals surface area contributed by atoms with Gasteiger partial charge in [-0.05, 0) is 30.9 Å². The van der Waals surface area contributed by atoms with Crippen LogP contribution in [0.5, 0.6) is 0 Å². The fraction of sp³-hybridized carbons (Fsp3) is 0.667. The van der Waals surface area contributed by atoms with Gasteiger partial charge in [-0.15, -0.1) is 23.1 Å². The van der Waals surface area contributed by atoms with Crippen LogP contribution in [0.3, 0.4) is 0 Å². The van der Waals surface area contributed by atoms with E-state index in [2.05, 4.69) is 5.32 Å². The highest BCUT2D eigenvalue weighted by Gasteiger charge is 2.42. The number of carbonyl (C=O) groups excluding carboxylic acids is 1. The normalized spacial score (nSPS) is 16.0. The Labute approximate surface area is 134 Å². The molecule has 21 heavy (non-hydrogen) atoms. The second-order valence-electron chi connectivity index (χ2n) is 5.58. The van der Waals surface area contributed by atoms with Crippen LogP contribution in [0.1, 0.15) is 42.3 Å². The molecule has 0 amide bonds. The van der Waals surface area contributed by atoms with Crippen LogP contribution in [0.2, 0.25) is 0 Å². The van der Waals surface area contributed by atoms with E-state index in [-0.39, 0.29) is 5.78 Å². The molecule has 0 unspecified atom stereocenters. The van der Waals surface area contributed by atoms with Gasteiger partial charge in [0.1, 0.15) is 5.00 Å². The molecule has 1 aliphatic rings. The molecule has 0 aliphatic heterocycles. The van der Waals surface area contributed by atoms with E-state index in [9.17, 15) is 4.79 Å². The number of methoxy groups -OCH3 is 1. The van der Waals surface area contributed by atoms with E-state index in [4.69, 9.17) is 10.5 Å². The highest BCUT2D eigenvalue weighted by atomic mass is 32.2. The molecular weight excluding hydrogens is 304 g/mol. The van der Waals surface area contributed by atoms with Crippen LogP contribution in [-0.2, 0) is 4.74 Å². The summed E-state index contributed by atoms with van der Waals surface area (Å²) < 4.78 is 5.19. The summed E-state index contributed by atoms with van der Waals surface area (Å²) in [4.78, 5) is 13.7. The second-order valence-corrected chi connectivity index (χ2v) is 7.42. The molecule has 1 aromatic rings. The first kappa shape index (κ1) is 16.6. The monoisotopic (exact) mass is 328 g/mol. The number of ketones is 1. The first-order valence-electron chi connectivity index (χ1n) is 7.29. The summed E-state index contributed by atoms with van der Waals surface area (Å²) in [5.74, 6) is 0.126. The summed E-state index contributed by atoms with van der Waals surface area (Å²) in [6.45, 7) is 3.62. The molecule has 1 aromatic heterocycles. The zero-order chi connectivity index (χ0) is 15.5. The Hall–Kier alpha value is -0.720. The lowest BCUT2D eigenvalue weighted by molar-refractivity contribution is 0.0992. The number of nitrogen functional groups attached to an aromatic ring is 1. The van der Waals surface area contributed by atoms with E-state index in [1.165, 1.54) is 24.2 Å². The first-order chi connectivity index (χ1) is 10.1. The van der Waals surface area contributed by atoms with Crippen molar-refractivity contribution in [2.45, 2.75) is 37.5 Å². The van der Waals surface area contributed by atoms with Crippen molar-refractivity contribution in [3.8, 4) is 0 Å². The lowest BCUT2D eigenvalue weighted by atomic mass is 10.0. The van der Waals surface area contributed by atoms with Gasteiger partial charge in [0, 0.05) is 26.7 Å². The smallest absolute Gasteiger partial charge is 0.174 e. The van der Waals surface area contributed by atoms with E-state index in [0.717, 1.165) is 29.5 Å². The third-order valence-electron chi connectivity index (χ3n) is 4.10. The minimum atomic E-state index is 0.126. The van der Waals surface area contributed by atoms with Gasteiger partial charge in [0.2, 0.25) is 0 Å². The number of Topliss-reactive ketones (excluding diaryl/α,β-unsaturated/α-hetero) is 1. The highest BCUT2D eigenvalue weighted by Crippen LogP contribution is 2.50. The average molecular weight is 329 g/mol. The molecule has 1 fully saturated rings. The van der Waals surface area contributed by atoms with E-state index in [1.807, 2.05) is 13.2 Å². The second kappa shape index (κ2) is 7.03. The van der Waals surface area contributed by atoms with Crippen molar-refractivity contribution in [2.24, 2.45) is 5.41 Å². The van der Waals surface area contributed by atoms with Crippen LogP contribution in [0.25, 0.3) is 0 Å². The summed E-state index contributed by atoms with van der Waals surface area (Å²) >= 11 is 3.10. The Kier molecular flexibility index (Phi) is 5.57. The van der Waals surface area contributed by atoms with Crippen LogP contribution in [0, 0.1) is 5.41 Å². The number of thioether (sulfide) groups is 1.